The third kappa shape index (κ3) is 5.13. The molecular formula is C15H20IN3S. The van der Waals surface area contributed by atoms with Crippen molar-refractivity contribution in [3.63, 3.8) is 0 Å². The zero-order chi connectivity index (χ0) is 13.7. The van der Waals surface area contributed by atoms with Crippen LogP contribution in [-0.2, 0) is 6.42 Å². The number of hydrogen-bond acceptors (Lipinski definition) is 2. The van der Waals surface area contributed by atoms with Crippen molar-refractivity contribution in [1.29, 1.82) is 0 Å². The van der Waals surface area contributed by atoms with Crippen LogP contribution in [0.15, 0.2) is 40.7 Å². The van der Waals surface area contributed by atoms with Gasteiger partial charge in [-0.2, -0.15) is 0 Å². The summed E-state index contributed by atoms with van der Waals surface area (Å²) in [6.45, 7) is 4.90. The molecule has 0 spiro atoms. The second-order valence-electron chi connectivity index (χ2n) is 4.52. The lowest BCUT2D eigenvalue weighted by Crippen LogP contribution is -2.23. The molecule has 1 aromatic heterocycles. The van der Waals surface area contributed by atoms with Crippen molar-refractivity contribution in [2.75, 3.05) is 11.9 Å². The molecule has 0 saturated heterocycles. The van der Waals surface area contributed by atoms with E-state index in [1.54, 1.807) is 11.3 Å². The predicted molar refractivity (Wildman–Crippen MR) is 99.5 cm³/mol. The Labute approximate surface area is 141 Å². The van der Waals surface area contributed by atoms with Gasteiger partial charge < -0.3 is 11.1 Å². The van der Waals surface area contributed by atoms with Crippen LogP contribution in [0.4, 0.5) is 5.69 Å². The number of anilines is 1. The Kier molecular flexibility index (Phi) is 7.01. The van der Waals surface area contributed by atoms with Gasteiger partial charge in [0.1, 0.15) is 0 Å². The summed E-state index contributed by atoms with van der Waals surface area (Å²) in [6, 6.07) is 10.4. The number of aryl methyl sites for hydroxylation is 2. The summed E-state index contributed by atoms with van der Waals surface area (Å²) in [5.74, 6) is 0.472. The molecule has 108 valence electrons. The second-order valence-corrected chi connectivity index (χ2v) is 5.55. The Balaban J connectivity index is 0.00000200. The van der Waals surface area contributed by atoms with E-state index in [1.807, 2.05) is 6.07 Å². The van der Waals surface area contributed by atoms with Crippen molar-refractivity contribution < 1.29 is 0 Å². The predicted octanol–water partition coefficient (Wildman–Crippen LogP) is 3.95. The van der Waals surface area contributed by atoms with Crippen LogP contribution < -0.4 is 11.1 Å². The Hall–Kier alpha value is -1.08. The lowest BCUT2D eigenvalue weighted by atomic mass is 10.1. The smallest absolute Gasteiger partial charge is 0.193 e. The first kappa shape index (κ1) is 17.0. The average molecular weight is 401 g/mol. The fourth-order valence-corrected chi connectivity index (χ4v) is 2.45. The summed E-state index contributed by atoms with van der Waals surface area (Å²) in [7, 11) is 0. The van der Waals surface area contributed by atoms with E-state index in [0.29, 0.717) is 12.5 Å². The molecule has 20 heavy (non-hydrogen) atoms. The molecule has 1 aromatic carbocycles. The van der Waals surface area contributed by atoms with Gasteiger partial charge in [-0.15, -0.1) is 35.3 Å². The number of nitrogens with zero attached hydrogens (tertiary/aromatic N) is 1. The number of thiophene rings is 1. The summed E-state index contributed by atoms with van der Waals surface area (Å²) in [4.78, 5) is 5.67. The fourth-order valence-electron chi connectivity index (χ4n) is 1.75. The van der Waals surface area contributed by atoms with Crippen LogP contribution in [0.3, 0.4) is 0 Å². The van der Waals surface area contributed by atoms with Crippen LogP contribution in [0.25, 0.3) is 0 Å². The second kappa shape index (κ2) is 8.26. The van der Waals surface area contributed by atoms with E-state index < -0.39 is 0 Å². The average Bonchev–Trinajstić information content (AvgIpc) is 2.87. The Morgan fingerprint density at radius 1 is 1.25 bits per heavy atom. The number of hydrogen-bond donors (Lipinski definition) is 2. The van der Waals surface area contributed by atoms with Gasteiger partial charge in [-0.3, -0.25) is 4.99 Å². The molecule has 0 saturated carbocycles. The standard InChI is InChI=1S/C15H19N3S.HI/c1-11-5-6-13(10-12(11)2)18-15(16)17-8-7-14-4-3-9-19-14;/h3-6,9-10H,7-8H2,1-2H3,(H3,16,17,18);1H. The summed E-state index contributed by atoms with van der Waals surface area (Å²) >= 11 is 1.75. The van der Waals surface area contributed by atoms with Crippen molar-refractivity contribution in [2.45, 2.75) is 20.3 Å². The van der Waals surface area contributed by atoms with Crippen LogP contribution in [0.2, 0.25) is 0 Å². The summed E-state index contributed by atoms with van der Waals surface area (Å²) < 4.78 is 0. The molecule has 3 nitrogen and oxygen atoms in total. The number of guanidine groups is 1. The molecular weight excluding hydrogens is 381 g/mol. The minimum atomic E-state index is 0. The van der Waals surface area contributed by atoms with Crippen LogP contribution in [0.1, 0.15) is 16.0 Å². The van der Waals surface area contributed by atoms with Crippen LogP contribution in [-0.4, -0.2) is 12.5 Å². The van der Waals surface area contributed by atoms with Gasteiger partial charge in [0.05, 0.1) is 0 Å². The van der Waals surface area contributed by atoms with Gasteiger partial charge in [0, 0.05) is 23.5 Å². The van der Waals surface area contributed by atoms with E-state index in [0.717, 1.165) is 12.1 Å². The molecule has 0 amide bonds. The number of aliphatic imine (C=N–C) groups is 1. The Morgan fingerprint density at radius 2 is 2.05 bits per heavy atom. The minimum absolute atomic E-state index is 0. The summed E-state index contributed by atoms with van der Waals surface area (Å²) in [6.07, 6.45) is 0.937. The van der Waals surface area contributed by atoms with Crippen LogP contribution in [0, 0.1) is 13.8 Å². The van der Waals surface area contributed by atoms with Crippen molar-refractivity contribution >= 4 is 47.0 Å². The first-order valence-corrected chi connectivity index (χ1v) is 7.19. The largest absolute Gasteiger partial charge is 0.370 e. The number of nitrogens with two attached hydrogens (primary N) is 1. The molecule has 3 N–H and O–H groups in total. The molecule has 2 aromatic rings. The molecule has 1 heterocycles. The lowest BCUT2D eigenvalue weighted by molar-refractivity contribution is 0.983. The number of halogens is 1. The van der Waals surface area contributed by atoms with Gasteiger partial charge in [0.25, 0.3) is 0 Å². The molecule has 0 bridgehead atoms. The zero-order valence-corrected chi connectivity index (χ0v) is 14.9. The van der Waals surface area contributed by atoms with E-state index in [4.69, 9.17) is 5.73 Å². The topological polar surface area (TPSA) is 50.4 Å². The van der Waals surface area contributed by atoms with Gasteiger partial charge in [-0.25, -0.2) is 0 Å². The summed E-state index contributed by atoms with van der Waals surface area (Å²) in [5, 5.41) is 5.20. The highest BCUT2D eigenvalue weighted by Crippen LogP contribution is 2.14. The normalized spacial score (nSPS) is 11.0. The van der Waals surface area contributed by atoms with E-state index in [-0.39, 0.29) is 24.0 Å². The van der Waals surface area contributed by atoms with Crippen molar-refractivity contribution in [2.24, 2.45) is 10.7 Å². The maximum absolute atomic E-state index is 5.88. The van der Waals surface area contributed by atoms with Gasteiger partial charge >= 0.3 is 0 Å². The third-order valence-electron chi connectivity index (χ3n) is 3.00. The maximum Gasteiger partial charge on any atom is 0.193 e. The van der Waals surface area contributed by atoms with Crippen molar-refractivity contribution in [1.82, 2.24) is 0 Å². The summed E-state index contributed by atoms with van der Waals surface area (Å²) in [5.41, 5.74) is 9.39. The molecule has 5 heteroatoms. The van der Waals surface area contributed by atoms with Crippen LogP contribution in [0.5, 0.6) is 0 Å². The van der Waals surface area contributed by atoms with Gasteiger partial charge in [0.2, 0.25) is 0 Å². The first-order valence-electron chi connectivity index (χ1n) is 6.32. The fraction of sp³-hybridized carbons (Fsp3) is 0.267. The highest BCUT2D eigenvalue weighted by atomic mass is 127. The van der Waals surface area contributed by atoms with Gasteiger partial charge in [0.15, 0.2) is 5.96 Å². The van der Waals surface area contributed by atoms with E-state index in [9.17, 15) is 0 Å². The molecule has 0 aliphatic carbocycles. The van der Waals surface area contributed by atoms with Crippen molar-refractivity contribution in [3.8, 4) is 0 Å². The van der Waals surface area contributed by atoms with E-state index in [2.05, 4.69) is 53.8 Å². The molecule has 0 aliphatic heterocycles. The molecule has 0 fully saturated rings. The van der Waals surface area contributed by atoms with Gasteiger partial charge in [-0.1, -0.05) is 12.1 Å². The quantitative estimate of drug-likeness (QED) is 0.463. The minimum Gasteiger partial charge on any atom is -0.370 e. The maximum atomic E-state index is 5.88. The Bertz CT molecular complexity index is 565. The molecule has 0 atom stereocenters. The Morgan fingerprint density at radius 3 is 2.70 bits per heavy atom. The molecule has 0 aliphatic rings. The lowest BCUT2D eigenvalue weighted by Gasteiger charge is -2.07. The highest BCUT2D eigenvalue weighted by Gasteiger charge is 1.98. The molecule has 2 rings (SSSR count). The third-order valence-corrected chi connectivity index (χ3v) is 3.94. The van der Waals surface area contributed by atoms with Crippen molar-refractivity contribution in [3.05, 3.63) is 51.7 Å². The van der Waals surface area contributed by atoms with E-state index >= 15 is 0 Å². The molecule has 0 radical (unpaired) electrons. The van der Waals surface area contributed by atoms with Crippen LogP contribution >= 0.6 is 35.3 Å². The zero-order valence-electron chi connectivity index (χ0n) is 11.7. The number of benzene rings is 1. The van der Waals surface area contributed by atoms with E-state index in [1.165, 1.54) is 16.0 Å². The monoisotopic (exact) mass is 401 g/mol. The number of nitrogens with one attached hydrogen (secondary N) is 1. The van der Waals surface area contributed by atoms with Gasteiger partial charge in [-0.05, 0) is 48.6 Å². The molecule has 0 unspecified atom stereocenters. The first-order chi connectivity index (χ1) is 9.15. The highest BCUT2D eigenvalue weighted by molar-refractivity contribution is 14.0. The number of rotatable bonds is 4. The SMILES string of the molecule is Cc1ccc(NC(N)=NCCc2cccs2)cc1C.I.